The minimum Gasteiger partial charge on any atom is -0.393 e. The van der Waals surface area contributed by atoms with Crippen molar-refractivity contribution in [2.45, 2.75) is 50.0 Å². The fraction of sp³-hybridized carbons (Fsp3) is 0.429. The summed E-state index contributed by atoms with van der Waals surface area (Å²) in [7, 11) is -5.10. The molecule has 1 fully saturated rings. The van der Waals surface area contributed by atoms with Crippen LogP contribution in [0, 0.1) is 12.3 Å². The summed E-state index contributed by atoms with van der Waals surface area (Å²) in [6, 6.07) is 3.83. The number of hydrogen-bond acceptors (Lipinski definition) is 8. The first-order valence-electron chi connectivity index (χ1n) is 10.0. The second kappa shape index (κ2) is 8.39. The van der Waals surface area contributed by atoms with Gasteiger partial charge in [0, 0.05) is 29.5 Å². The first-order chi connectivity index (χ1) is 15.1. The van der Waals surface area contributed by atoms with Crippen LogP contribution in [0.1, 0.15) is 44.1 Å². The second-order valence-corrected chi connectivity index (χ2v) is 10.2. The molecule has 0 amide bonds. The SMILES string of the molecule is C#Cc1cccc(S(=O)(=O)F)c1CN(N)c1nc(C(C)(C)C)nc(N2CCC(F)(F)C2)c1N. The van der Waals surface area contributed by atoms with Gasteiger partial charge in [-0.3, -0.25) is 5.01 Å². The molecule has 1 aliphatic heterocycles. The smallest absolute Gasteiger partial charge is 0.332 e. The summed E-state index contributed by atoms with van der Waals surface area (Å²) in [6.45, 7) is 4.59. The third kappa shape index (κ3) is 5.15. The van der Waals surface area contributed by atoms with Crippen molar-refractivity contribution in [1.29, 1.82) is 0 Å². The second-order valence-electron chi connectivity index (χ2n) is 8.88. The van der Waals surface area contributed by atoms with Gasteiger partial charge in [0.05, 0.1) is 13.1 Å². The Balaban J connectivity index is 2.12. The topological polar surface area (TPSA) is 118 Å². The lowest BCUT2D eigenvalue weighted by atomic mass is 9.95. The average Bonchev–Trinajstić information content (AvgIpc) is 3.05. The predicted molar refractivity (Wildman–Crippen MR) is 120 cm³/mol. The molecule has 0 bridgehead atoms. The molecule has 2 aromatic rings. The van der Waals surface area contributed by atoms with Gasteiger partial charge in [-0.05, 0) is 12.1 Å². The van der Waals surface area contributed by atoms with Gasteiger partial charge in [-0.15, -0.1) is 10.3 Å². The molecule has 0 saturated carbocycles. The molecular formula is C21H25F3N6O2S. The van der Waals surface area contributed by atoms with E-state index in [1.165, 1.54) is 17.0 Å². The number of nitrogens with zero attached hydrogens (tertiary/aromatic N) is 4. The van der Waals surface area contributed by atoms with Gasteiger partial charge in [-0.2, -0.15) is 8.42 Å². The minimum absolute atomic E-state index is 0.0193. The molecule has 1 saturated heterocycles. The number of terminal acetylenes is 1. The van der Waals surface area contributed by atoms with Gasteiger partial charge in [0.15, 0.2) is 11.6 Å². The van der Waals surface area contributed by atoms with Crippen LogP contribution < -0.4 is 21.5 Å². The monoisotopic (exact) mass is 482 g/mol. The number of nitrogens with two attached hydrogens (primary N) is 2. The maximum Gasteiger partial charge on any atom is 0.332 e. The number of nitrogen functional groups attached to an aromatic ring is 1. The standard InChI is InChI=1S/C21H25F3N6O2S/c1-5-13-7-6-8-15(33(24,31)32)14(13)11-30(26)18-16(25)17(27-19(28-18)20(2,3)4)29-10-9-21(22,23)12-29/h1,6-8H,9-12,25-26H2,2-4H3. The molecule has 2 heterocycles. The van der Waals surface area contributed by atoms with Gasteiger partial charge in [0.25, 0.3) is 5.92 Å². The summed E-state index contributed by atoms with van der Waals surface area (Å²) in [5.74, 6) is 5.99. The van der Waals surface area contributed by atoms with Gasteiger partial charge >= 0.3 is 10.2 Å². The lowest BCUT2D eigenvalue weighted by Crippen LogP contribution is -2.35. The molecule has 0 aliphatic carbocycles. The Morgan fingerprint density at radius 1 is 1.30 bits per heavy atom. The van der Waals surface area contributed by atoms with Crippen molar-refractivity contribution in [3.8, 4) is 12.3 Å². The molecule has 0 radical (unpaired) electrons. The number of halogens is 3. The highest BCUT2D eigenvalue weighted by Gasteiger charge is 2.40. The third-order valence-corrected chi connectivity index (χ3v) is 6.11. The number of alkyl halides is 2. The molecule has 178 valence electrons. The Hall–Kier alpha value is -3.04. The molecule has 1 aromatic carbocycles. The average molecular weight is 483 g/mol. The van der Waals surface area contributed by atoms with Crippen molar-refractivity contribution < 1.29 is 21.1 Å². The molecule has 4 N–H and O–H groups in total. The van der Waals surface area contributed by atoms with Crippen molar-refractivity contribution in [1.82, 2.24) is 9.97 Å². The number of anilines is 3. The molecule has 12 heteroatoms. The maximum absolute atomic E-state index is 13.9. The van der Waals surface area contributed by atoms with Crippen LogP contribution in [0.25, 0.3) is 0 Å². The highest BCUT2D eigenvalue weighted by atomic mass is 32.3. The summed E-state index contributed by atoms with van der Waals surface area (Å²) in [6.07, 6.45) is 5.11. The summed E-state index contributed by atoms with van der Waals surface area (Å²) in [5.41, 5.74) is 5.65. The molecule has 3 rings (SSSR count). The van der Waals surface area contributed by atoms with Crippen LogP contribution in [0.15, 0.2) is 23.1 Å². The van der Waals surface area contributed by atoms with E-state index in [0.29, 0.717) is 0 Å². The van der Waals surface area contributed by atoms with Crippen LogP contribution in [0.2, 0.25) is 0 Å². The number of benzene rings is 1. The molecule has 33 heavy (non-hydrogen) atoms. The summed E-state index contributed by atoms with van der Waals surface area (Å²) in [5, 5.41) is 1.01. The first-order valence-corrected chi connectivity index (χ1v) is 11.4. The van der Waals surface area contributed by atoms with Gasteiger partial charge in [0.1, 0.15) is 16.4 Å². The van der Waals surface area contributed by atoms with Crippen molar-refractivity contribution in [3.05, 3.63) is 35.2 Å². The highest BCUT2D eigenvalue weighted by Crippen LogP contribution is 2.38. The van der Waals surface area contributed by atoms with Crippen LogP contribution in [0.3, 0.4) is 0 Å². The van der Waals surface area contributed by atoms with Crippen molar-refractivity contribution in [3.63, 3.8) is 0 Å². The number of aromatic nitrogens is 2. The molecule has 1 aromatic heterocycles. The normalized spacial score (nSPS) is 16.0. The predicted octanol–water partition coefficient (Wildman–Crippen LogP) is 2.72. The molecule has 8 nitrogen and oxygen atoms in total. The number of rotatable bonds is 5. The van der Waals surface area contributed by atoms with Gasteiger partial charge in [-0.1, -0.05) is 32.8 Å². The molecule has 0 atom stereocenters. The summed E-state index contributed by atoms with van der Waals surface area (Å²) < 4.78 is 64.9. The zero-order valence-corrected chi connectivity index (χ0v) is 19.3. The molecule has 0 unspecified atom stereocenters. The lowest BCUT2D eigenvalue weighted by molar-refractivity contribution is 0.0257. The van der Waals surface area contributed by atoms with E-state index in [0.717, 1.165) is 11.1 Å². The van der Waals surface area contributed by atoms with Gasteiger partial charge in [0.2, 0.25) is 0 Å². The van der Waals surface area contributed by atoms with Crippen LogP contribution in [-0.4, -0.2) is 37.4 Å². The van der Waals surface area contributed by atoms with E-state index in [9.17, 15) is 21.1 Å². The van der Waals surface area contributed by atoms with Crippen molar-refractivity contribution in [2.75, 3.05) is 28.7 Å². The lowest BCUT2D eigenvalue weighted by Gasteiger charge is -2.28. The van der Waals surface area contributed by atoms with E-state index in [-0.39, 0.29) is 53.8 Å². The Morgan fingerprint density at radius 2 is 1.97 bits per heavy atom. The Labute approximate surface area is 191 Å². The van der Waals surface area contributed by atoms with Crippen LogP contribution in [0.4, 0.5) is 30.0 Å². The number of hydrogen-bond donors (Lipinski definition) is 2. The van der Waals surface area contributed by atoms with Gasteiger partial charge in [-0.25, -0.2) is 24.6 Å². The van der Waals surface area contributed by atoms with E-state index in [1.807, 2.05) is 20.8 Å². The van der Waals surface area contributed by atoms with Crippen LogP contribution >= 0.6 is 0 Å². The quantitative estimate of drug-likeness (QED) is 0.289. The maximum atomic E-state index is 13.9. The fourth-order valence-electron chi connectivity index (χ4n) is 3.50. The van der Waals surface area contributed by atoms with E-state index in [1.54, 1.807) is 0 Å². The van der Waals surface area contributed by atoms with E-state index in [4.69, 9.17) is 18.0 Å². The fourth-order valence-corrected chi connectivity index (χ4v) is 4.21. The van der Waals surface area contributed by atoms with Gasteiger partial charge < -0.3 is 10.6 Å². The first kappa shape index (κ1) is 24.6. The zero-order chi connectivity index (χ0) is 24.8. The van der Waals surface area contributed by atoms with E-state index >= 15 is 0 Å². The Morgan fingerprint density at radius 3 is 2.48 bits per heavy atom. The Kier molecular flexibility index (Phi) is 6.25. The molecule has 0 spiro atoms. The molecular weight excluding hydrogens is 457 g/mol. The summed E-state index contributed by atoms with van der Waals surface area (Å²) in [4.78, 5) is 9.56. The number of hydrazine groups is 1. The highest BCUT2D eigenvalue weighted by molar-refractivity contribution is 7.86. The third-order valence-electron chi connectivity index (χ3n) is 5.20. The van der Waals surface area contributed by atoms with Crippen molar-refractivity contribution in [2.24, 2.45) is 5.84 Å². The zero-order valence-electron chi connectivity index (χ0n) is 18.4. The van der Waals surface area contributed by atoms with E-state index < -0.39 is 33.0 Å². The minimum atomic E-state index is -5.10. The van der Waals surface area contributed by atoms with E-state index in [2.05, 4.69) is 15.9 Å². The van der Waals surface area contributed by atoms with Crippen molar-refractivity contribution >= 4 is 27.5 Å². The van der Waals surface area contributed by atoms with Crippen LogP contribution in [-0.2, 0) is 22.2 Å². The Bertz CT molecular complexity index is 1220. The largest absolute Gasteiger partial charge is 0.393 e. The summed E-state index contributed by atoms with van der Waals surface area (Å²) >= 11 is 0. The molecule has 1 aliphatic rings. The van der Waals surface area contributed by atoms with Crippen LogP contribution in [0.5, 0.6) is 0 Å².